The van der Waals surface area contributed by atoms with Crippen molar-refractivity contribution in [2.75, 3.05) is 0 Å². The summed E-state index contributed by atoms with van der Waals surface area (Å²) in [5.74, 6) is 0.556. The lowest BCUT2D eigenvalue weighted by molar-refractivity contribution is -0.112. The summed E-state index contributed by atoms with van der Waals surface area (Å²) in [5.41, 5.74) is 0. The van der Waals surface area contributed by atoms with Crippen LogP contribution in [-0.4, -0.2) is 15.8 Å². The average Bonchev–Trinajstić information content (AvgIpc) is 2.03. The van der Waals surface area contributed by atoms with Crippen LogP contribution in [-0.2, 0) is 4.79 Å². The molecule has 0 radical (unpaired) electrons. The van der Waals surface area contributed by atoms with Crippen molar-refractivity contribution >= 4 is 11.9 Å². The number of nitrogens with zero attached hydrogens (tertiary/aromatic N) is 2. The van der Waals surface area contributed by atoms with Crippen molar-refractivity contribution in [3.05, 3.63) is 30.4 Å². The number of allylic oxidation sites excluding steroid dienone is 1. The Hall–Kier alpha value is -1.51. The van der Waals surface area contributed by atoms with Crippen LogP contribution in [0.3, 0.4) is 0 Å². The molecule has 1 aromatic rings. The van der Waals surface area contributed by atoms with E-state index in [-0.39, 0.29) is 5.78 Å². The van der Waals surface area contributed by atoms with Crippen LogP contribution >= 0.6 is 0 Å². The molecule has 0 unspecified atom stereocenters. The molecule has 0 aliphatic rings. The minimum Gasteiger partial charge on any atom is -0.295 e. The Labute approximate surface area is 64.8 Å². The van der Waals surface area contributed by atoms with E-state index in [1.807, 2.05) is 0 Å². The highest BCUT2D eigenvalue weighted by Gasteiger charge is 1.86. The highest BCUT2D eigenvalue weighted by Crippen LogP contribution is 1.90. The van der Waals surface area contributed by atoms with Gasteiger partial charge in [0.15, 0.2) is 11.6 Å². The van der Waals surface area contributed by atoms with Gasteiger partial charge in [-0.25, -0.2) is 9.97 Å². The van der Waals surface area contributed by atoms with Crippen LogP contribution in [0.25, 0.3) is 6.08 Å². The largest absolute Gasteiger partial charge is 0.295 e. The molecule has 0 saturated heterocycles. The lowest BCUT2D eigenvalue weighted by Gasteiger charge is -1.86. The molecule has 0 amide bonds. The van der Waals surface area contributed by atoms with E-state index in [2.05, 4.69) is 9.97 Å². The second kappa shape index (κ2) is 3.61. The molecule has 1 heterocycles. The molecule has 11 heavy (non-hydrogen) atoms. The molecule has 0 aliphatic heterocycles. The van der Waals surface area contributed by atoms with Crippen LogP contribution in [0.2, 0.25) is 0 Å². The number of hydrogen-bond donors (Lipinski definition) is 0. The average molecular weight is 148 g/mol. The standard InChI is InChI=1S/C8H8N2O/c1-7(11)3-4-8-9-5-2-6-10-8/h2-6H,1H3/b4-3+. The van der Waals surface area contributed by atoms with Gasteiger partial charge < -0.3 is 0 Å². The summed E-state index contributed by atoms with van der Waals surface area (Å²) >= 11 is 0. The molecule has 56 valence electrons. The lowest BCUT2D eigenvalue weighted by atomic mass is 10.4. The van der Waals surface area contributed by atoms with E-state index in [1.54, 1.807) is 24.5 Å². The van der Waals surface area contributed by atoms with Gasteiger partial charge >= 0.3 is 0 Å². The molecule has 1 rings (SSSR count). The predicted octanol–water partition coefficient (Wildman–Crippen LogP) is 1.08. The Morgan fingerprint density at radius 1 is 1.45 bits per heavy atom. The van der Waals surface area contributed by atoms with E-state index in [4.69, 9.17) is 0 Å². The van der Waals surface area contributed by atoms with Gasteiger partial charge in [0.05, 0.1) is 0 Å². The summed E-state index contributed by atoms with van der Waals surface area (Å²) in [4.78, 5) is 18.3. The number of rotatable bonds is 2. The third-order valence-corrected chi connectivity index (χ3v) is 1.05. The minimum absolute atomic E-state index is 0.00236. The fourth-order valence-electron chi connectivity index (χ4n) is 0.589. The predicted molar refractivity (Wildman–Crippen MR) is 41.7 cm³/mol. The van der Waals surface area contributed by atoms with Gasteiger partial charge in [0, 0.05) is 12.4 Å². The van der Waals surface area contributed by atoms with E-state index < -0.39 is 0 Å². The number of hydrogen-bond acceptors (Lipinski definition) is 3. The molecule has 0 aromatic carbocycles. The molecule has 0 bridgehead atoms. The van der Waals surface area contributed by atoms with Crippen LogP contribution in [0.1, 0.15) is 12.7 Å². The number of carbonyl (C=O) groups excluding carboxylic acids is 1. The molecule has 3 heteroatoms. The van der Waals surface area contributed by atoms with Crippen molar-refractivity contribution < 1.29 is 4.79 Å². The number of ketones is 1. The highest BCUT2D eigenvalue weighted by atomic mass is 16.1. The van der Waals surface area contributed by atoms with Crippen LogP contribution in [0.4, 0.5) is 0 Å². The second-order valence-electron chi connectivity index (χ2n) is 2.05. The van der Waals surface area contributed by atoms with E-state index in [0.29, 0.717) is 5.82 Å². The molecule has 0 aliphatic carbocycles. The zero-order valence-electron chi connectivity index (χ0n) is 6.19. The maximum Gasteiger partial charge on any atom is 0.152 e. The zero-order chi connectivity index (χ0) is 8.10. The van der Waals surface area contributed by atoms with Crippen LogP contribution < -0.4 is 0 Å². The van der Waals surface area contributed by atoms with E-state index >= 15 is 0 Å². The Balaban J connectivity index is 2.72. The summed E-state index contributed by atoms with van der Waals surface area (Å²) in [5, 5.41) is 0. The van der Waals surface area contributed by atoms with Crippen molar-refractivity contribution in [2.24, 2.45) is 0 Å². The maximum absolute atomic E-state index is 10.5. The van der Waals surface area contributed by atoms with Crippen molar-refractivity contribution in [3.8, 4) is 0 Å². The van der Waals surface area contributed by atoms with Crippen molar-refractivity contribution in [1.29, 1.82) is 0 Å². The molecule has 0 saturated carbocycles. The zero-order valence-corrected chi connectivity index (χ0v) is 6.19. The second-order valence-corrected chi connectivity index (χ2v) is 2.05. The summed E-state index contributed by atoms with van der Waals surface area (Å²) in [6.07, 6.45) is 6.29. The van der Waals surface area contributed by atoms with E-state index in [0.717, 1.165) is 0 Å². The smallest absolute Gasteiger partial charge is 0.152 e. The number of carbonyl (C=O) groups is 1. The Morgan fingerprint density at radius 2 is 2.09 bits per heavy atom. The summed E-state index contributed by atoms with van der Waals surface area (Å²) < 4.78 is 0. The molecule has 0 N–H and O–H groups in total. The molecular formula is C8H8N2O. The van der Waals surface area contributed by atoms with Crippen molar-refractivity contribution in [1.82, 2.24) is 9.97 Å². The Bertz CT molecular complexity index is 267. The van der Waals surface area contributed by atoms with Gasteiger partial charge in [0.1, 0.15) is 0 Å². The normalized spacial score (nSPS) is 10.3. The molecule has 3 nitrogen and oxygen atoms in total. The van der Waals surface area contributed by atoms with E-state index in [1.165, 1.54) is 13.0 Å². The van der Waals surface area contributed by atoms with Gasteiger partial charge in [0.25, 0.3) is 0 Å². The molecule has 0 atom stereocenters. The number of aromatic nitrogens is 2. The molecular weight excluding hydrogens is 140 g/mol. The summed E-state index contributed by atoms with van der Waals surface area (Å²) in [6, 6.07) is 1.73. The van der Waals surface area contributed by atoms with Crippen LogP contribution in [0.5, 0.6) is 0 Å². The summed E-state index contributed by atoms with van der Waals surface area (Å²) in [7, 11) is 0. The van der Waals surface area contributed by atoms with Gasteiger partial charge in [0.2, 0.25) is 0 Å². The first-order valence-electron chi connectivity index (χ1n) is 3.25. The fourth-order valence-corrected chi connectivity index (χ4v) is 0.589. The first kappa shape index (κ1) is 7.60. The topological polar surface area (TPSA) is 42.9 Å². The van der Waals surface area contributed by atoms with Gasteiger partial charge in [-0.15, -0.1) is 0 Å². The van der Waals surface area contributed by atoms with Crippen LogP contribution in [0.15, 0.2) is 24.5 Å². The van der Waals surface area contributed by atoms with Gasteiger partial charge in [-0.3, -0.25) is 4.79 Å². The van der Waals surface area contributed by atoms with Crippen molar-refractivity contribution in [3.63, 3.8) is 0 Å². The highest BCUT2D eigenvalue weighted by molar-refractivity contribution is 5.90. The third kappa shape index (κ3) is 2.71. The molecule has 1 aromatic heterocycles. The van der Waals surface area contributed by atoms with Crippen LogP contribution in [0, 0.1) is 0 Å². The van der Waals surface area contributed by atoms with Gasteiger partial charge in [-0.1, -0.05) is 0 Å². The fraction of sp³-hybridized carbons (Fsp3) is 0.125. The minimum atomic E-state index is -0.00236. The summed E-state index contributed by atoms with van der Waals surface area (Å²) in [6.45, 7) is 1.49. The quantitative estimate of drug-likeness (QED) is 0.589. The lowest BCUT2D eigenvalue weighted by Crippen LogP contribution is -1.85. The SMILES string of the molecule is CC(=O)/C=C/c1ncccn1. The molecule has 0 spiro atoms. The van der Waals surface area contributed by atoms with Gasteiger partial charge in [-0.05, 0) is 25.1 Å². The monoisotopic (exact) mass is 148 g/mol. The Kier molecular flexibility index (Phi) is 2.49. The Morgan fingerprint density at radius 3 is 2.64 bits per heavy atom. The van der Waals surface area contributed by atoms with E-state index in [9.17, 15) is 4.79 Å². The maximum atomic E-state index is 10.5. The van der Waals surface area contributed by atoms with Gasteiger partial charge in [-0.2, -0.15) is 0 Å². The molecule has 0 fully saturated rings. The van der Waals surface area contributed by atoms with Crippen molar-refractivity contribution in [2.45, 2.75) is 6.92 Å². The third-order valence-electron chi connectivity index (χ3n) is 1.05. The first-order valence-corrected chi connectivity index (χ1v) is 3.25. The first-order chi connectivity index (χ1) is 5.29.